The fourth-order valence-corrected chi connectivity index (χ4v) is 1.71. The standard InChI is InChI=1S/C11H8N2O2/c1-6-2-3-8-7(4-6)10-9(5-12-8)13-11(14)15-10/h2-5H,1H3,(H,13,14). The van der Waals surface area contributed by atoms with Gasteiger partial charge >= 0.3 is 5.76 Å². The van der Waals surface area contributed by atoms with Gasteiger partial charge in [0.1, 0.15) is 5.52 Å². The van der Waals surface area contributed by atoms with Crippen molar-refractivity contribution >= 4 is 22.0 Å². The third-order valence-corrected chi connectivity index (χ3v) is 2.41. The minimum Gasteiger partial charge on any atom is -0.407 e. The highest BCUT2D eigenvalue weighted by Crippen LogP contribution is 2.21. The van der Waals surface area contributed by atoms with Gasteiger partial charge in [-0.15, -0.1) is 0 Å². The molecule has 4 nitrogen and oxygen atoms in total. The molecule has 2 heterocycles. The Labute approximate surface area is 84.6 Å². The molecule has 0 aliphatic carbocycles. The van der Waals surface area contributed by atoms with Crippen LogP contribution in [0.1, 0.15) is 5.56 Å². The van der Waals surface area contributed by atoms with E-state index in [4.69, 9.17) is 4.42 Å². The van der Waals surface area contributed by atoms with Crippen molar-refractivity contribution in [3.8, 4) is 0 Å². The van der Waals surface area contributed by atoms with Gasteiger partial charge in [0.2, 0.25) is 0 Å². The second-order valence-corrected chi connectivity index (χ2v) is 3.54. The molecule has 1 N–H and O–H groups in total. The Bertz CT molecular complexity index is 709. The van der Waals surface area contributed by atoms with Crippen LogP contribution in [0.4, 0.5) is 0 Å². The minimum absolute atomic E-state index is 0.444. The number of aromatic amines is 1. The average molecular weight is 200 g/mol. The molecule has 0 aliphatic heterocycles. The van der Waals surface area contributed by atoms with Gasteiger partial charge in [-0.05, 0) is 19.1 Å². The highest BCUT2D eigenvalue weighted by atomic mass is 16.4. The van der Waals surface area contributed by atoms with E-state index in [2.05, 4.69) is 9.97 Å². The third kappa shape index (κ3) is 1.15. The zero-order valence-electron chi connectivity index (χ0n) is 8.07. The van der Waals surface area contributed by atoms with E-state index >= 15 is 0 Å². The van der Waals surface area contributed by atoms with Gasteiger partial charge in [0.05, 0.1) is 11.7 Å². The molecule has 0 amide bonds. The van der Waals surface area contributed by atoms with Gasteiger partial charge in [0.25, 0.3) is 0 Å². The van der Waals surface area contributed by atoms with Crippen LogP contribution in [0, 0.1) is 6.92 Å². The van der Waals surface area contributed by atoms with E-state index in [-0.39, 0.29) is 0 Å². The summed E-state index contributed by atoms with van der Waals surface area (Å²) in [6, 6.07) is 5.85. The first-order valence-electron chi connectivity index (χ1n) is 4.62. The van der Waals surface area contributed by atoms with E-state index in [0.29, 0.717) is 11.1 Å². The summed E-state index contributed by atoms with van der Waals surface area (Å²) in [7, 11) is 0. The van der Waals surface area contributed by atoms with Crippen LogP contribution in [0.3, 0.4) is 0 Å². The number of aromatic nitrogens is 2. The number of oxazole rings is 1. The summed E-state index contributed by atoms with van der Waals surface area (Å²) in [5, 5.41) is 0.867. The van der Waals surface area contributed by atoms with Gasteiger partial charge in [0.15, 0.2) is 5.58 Å². The van der Waals surface area contributed by atoms with Crippen LogP contribution in [0.2, 0.25) is 0 Å². The molecule has 15 heavy (non-hydrogen) atoms. The smallest absolute Gasteiger partial charge is 0.407 e. The number of nitrogens with one attached hydrogen (secondary N) is 1. The molecule has 0 bridgehead atoms. The van der Waals surface area contributed by atoms with Gasteiger partial charge in [-0.3, -0.25) is 9.97 Å². The van der Waals surface area contributed by atoms with Crippen LogP contribution in [-0.2, 0) is 0 Å². The first-order chi connectivity index (χ1) is 7.24. The van der Waals surface area contributed by atoms with Crippen molar-refractivity contribution in [2.45, 2.75) is 6.92 Å². The Morgan fingerprint density at radius 2 is 2.27 bits per heavy atom. The number of H-pyrrole nitrogens is 1. The lowest BCUT2D eigenvalue weighted by Crippen LogP contribution is -1.92. The average Bonchev–Trinajstić information content (AvgIpc) is 2.58. The molecule has 0 saturated carbocycles. The number of pyridine rings is 1. The van der Waals surface area contributed by atoms with Crippen molar-refractivity contribution in [3.05, 3.63) is 40.5 Å². The lowest BCUT2D eigenvalue weighted by molar-refractivity contribution is 0.558. The third-order valence-electron chi connectivity index (χ3n) is 2.41. The van der Waals surface area contributed by atoms with E-state index < -0.39 is 5.76 Å². The summed E-state index contributed by atoms with van der Waals surface area (Å²) >= 11 is 0. The summed E-state index contributed by atoms with van der Waals surface area (Å²) < 4.78 is 5.09. The number of aryl methyl sites for hydroxylation is 1. The van der Waals surface area contributed by atoms with Crippen molar-refractivity contribution in [3.63, 3.8) is 0 Å². The molecule has 3 rings (SSSR count). The monoisotopic (exact) mass is 200 g/mol. The Morgan fingerprint density at radius 3 is 3.13 bits per heavy atom. The number of rotatable bonds is 0. The quantitative estimate of drug-likeness (QED) is 0.603. The summed E-state index contributed by atoms with van der Waals surface area (Å²) in [5.41, 5.74) is 3.16. The molecule has 0 atom stereocenters. The number of fused-ring (bicyclic) bond motifs is 3. The van der Waals surface area contributed by atoms with Crippen LogP contribution in [0.15, 0.2) is 33.6 Å². The molecule has 1 aromatic carbocycles. The Hall–Kier alpha value is -2.10. The SMILES string of the molecule is Cc1ccc2ncc3[nH]c(=O)oc3c2c1. The van der Waals surface area contributed by atoms with E-state index in [1.807, 2.05) is 25.1 Å². The van der Waals surface area contributed by atoms with Gasteiger partial charge in [-0.25, -0.2) is 4.79 Å². The maximum atomic E-state index is 11.1. The molecule has 0 unspecified atom stereocenters. The lowest BCUT2D eigenvalue weighted by atomic mass is 10.1. The molecular weight excluding hydrogens is 192 g/mol. The van der Waals surface area contributed by atoms with Crippen molar-refractivity contribution in [1.82, 2.24) is 9.97 Å². The molecule has 0 radical (unpaired) electrons. The summed E-state index contributed by atoms with van der Waals surface area (Å²) in [6.07, 6.45) is 1.61. The summed E-state index contributed by atoms with van der Waals surface area (Å²) in [4.78, 5) is 17.9. The maximum absolute atomic E-state index is 11.1. The van der Waals surface area contributed by atoms with E-state index in [9.17, 15) is 4.79 Å². The molecular formula is C11H8N2O2. The first-order valence-corrected chi connectivity index (χ1v) is 4.62. The zero-order valence-corrected chi connectivity index (χ0v) is 8.07. The second kappa shape index (κ2) is 2.70. The predicted molar refractivity (Wildman–Crippen MR) is 56.9 cm³/mol. The van der Waals surface area contributed by atoms with Crippen LogP contribution in [0.25, 0.3) is 22.0 Å². The molecule has 3 aromatic rings. The summed E-state index contributed by atoms with van der Waals surface area (Å²) in [6.45, 7) is 1.99. The number of hydrogen-bond acceptors (Lipinski definition) is 3. The van der Waals surface area contributed by atoms with Gasteiger partial charge < -0.3 is 4.42 Å². The molecule has 0 fully saturated rings. The van der Waals surface area contributed by atoms with Crippen LogP contribution < -0.4 is 5.76 Å². The van der Waals surface area contributed by atoms with Gasteiger partial charge in [-0.1, -0.05) is 11.6 Å². The topological polar surface area (TPSA) is 58.9 Å². The summed E-state index contributed by atoms with van der Waals surface area (Å²) in [5.74, 6) is -0.444. The van der Waals surface area contributed by atoms with Crippen molar-refractivity contribution in [1.29, 1.82) is 0 Å². The van der Waals surface area contributed by atoms with E-state index in [1.165, 1.54) is 0 Å². The normalized spacial score (nSPS) is 11.3. The fraction of sp³-hybridized carbons (Fsp3) is 0.0909. The predicted octanol–water partition coefficient (Wildman–Crippen LogP) is 1.98. The highest BCUT2D eigenvalue weighted by Gasteiger charge is 2.06. The lowest BCUT2D eigenvalue weighted by Gasteiger charge is -1.98. The zero-order chi connectivity index (χ0) is 10.4. The Kier molecular flexibility index (Phi) is 1.48. The van der Waals surface area contributed by atoms with Crippen LogP contribution in [0.5, 0.6) is 0 Å². The Morgan fingerprint density at radius 1 is 1.40 bits per heavy atom. The van der Waals surface area contributed by atoms with Crippen LogP contribution in [-0.4, -0.2) is 9.97 Å². The number of nitrogens with zero attached hydrogens (tertiary/aromatic N) is 1. The van der Waals surface area contributed by atoms with Gasteiger partial charge in [-0.2, -0.15) is 0 Å². The van der Waals surface area contributed by atoms with Crippen LogP contribution >= 0.6 is 0 Å². The first kappa shape index (κ1) is 8.23. The maximum Gasteiger partial charge on any atom is 0.417 e. The molecule has 74 valence electrons. The fourth-order valence-electron chi connectivity index (χ4n) is 1.71. The largest absolute Gasteiger partial charge is 0.417 e. The second-order valence-electron chi connectivity index (χ2n) is 3.54. The number of benzene rings is 1. The van der Waals surface area contributed by atoms with Crippen molar-refractivity contribution < 1.29 is 4.42 Å². The van der Waals surface area contributed by atoms with Crippen molar-refractivity contribution in [2.24, 2.45) is 0 Å². The molecule has 0 aliphatic rings. The number of hydrogen-bond donors (Lipinski definition) is 1. The Balaban J connectivity index is 2.62. The van der Waals surface area contributed by atoms with Crippen molar-refractivity contribution in [2.75, 3.05) is 0 Å². The van der Waals surface area contributed by atoms with E-state index in [1.54, 1.807) is 6.20 Å². The molecule has 0 spiro atoms. The molecule has 2 aromatic heterocycles. The van der Waals surface area contributed by atoms with Gasteiger partial charge in [0, 0.05) is 5.39 Å². The minimum atomic E-state index is -0.444. The molecule has 4 heteroatoms. The molecule has 0 saturated heterocycles. The highest BCUT2D eigenvalue weighted by molar-refractivity contribution is 6.00. The van der Waals surface area contributed by atoms with E-state index in [0.717, 1.165) is 16.5 Å².